The first kappa shape index (κ1) is 24.7. The van der Waals surface area contributed by atoms with E-state index in [0.717, 1.165) is 22.9 Å². The van der Waals surface area contributed by atoms with Crippen LogP contribution in [0.2, 0.25) is 0 Å². The van der Waals surface area contributed by atoms with Crippen molar-refractivity contribution in [2.45, 2.75) is 25.1 Å². The van der Waals surface area contributed by atoms with Crippen molar-refractivity contribution >= 4 is 35.0 Å². The van der Waals surface area contributed by atoms with Gasteiger partial charge >= 0.3 is 0 Å². The molecule has 3 aromatic rings. The Morgan fingerprint density at radius 2 is 1.78 bits per heavy atom. The number of thioether (sulfide) groups is 1. The second-order valence-corrected chi connectivity index (χ2v) is 9.40. The van der Waals surface area contributed by atoms with Crippen molar-refractivity contribution in [3.05, 3.63) is 116 Å². The van der Waals surface area contributed by atoms with E-state index in [-0.39, 0.29) is 35.2 Å². The lowest BCUT2D eigenvalue weighted by atomic mass is 10.1. The summed E-state index contributed by atoms with van der Waals surface area (Å²) in [7, 11) is 0. The molecule has 4 rings (SSSR count). The maximum Gasteiger partial charge on any atom is 0.269 e. The summed E-state index contributed by atoms with van der Waals surface area (Å²) in [5.41, 5.74) is 2.81. The van der Waals surface area contributed by atoms with Gasteiger partial charge in [0, 0.05) is 24.4 Å². The number of nitrogens with zero attached hydrogens (tertiary/aromatic N) is 3. The van der Waals surface area contributed by atoms with Crippen molar-refractivity contribution in [3.8, 4) is 6.07 Å². The number of benzene rings is 3. The molecule has 0 saturated carbocycles. The molecule has 1 fully saturated rings. The molecule has 1 aliphatic rings. The van der Waals surface area contributed by atoms with E-state index in [1.54, 1.807) is 24.3 Å². The second kappa shape index (κ2) is 10.9. The molecule has 9 heteroatoms. The van der Waals surface area contributed by atoms with Crippen LogP contribution in [0.4, 0.5) is 11.4 Å². The fourth-order valence-electron chi connectivity index (χ4n) is 3.79. The first-order valence-corrected chi connectivity index (χ1v) is 12.0. The van der Waals surface area contributed by atoms with Gasteiger partial charge in [0.05, 0.1) is 10.2 Å². The number of aryl methyl sites for hydroxylation is 1. The molecule has 1 aliphatic heterocycles. The highest BCUT2D eigenvalue weighted by atomic mass is 32.2. The van der Waals surface area contributed by atoms with Gasteiger partial charge in [0.15, 0.2) is 0 Å². The monoisotopic (exact) mass is 498 g/mol. The SMILES string of the molecule is Cc1ccc(N2C(=O)C(Cc3cccc([N+](=O)[O-])c3)S/C2=C(/C#N)C(=O)NCc2ccccc2)cc1. The van der Waals surface area contributed by atoms with Crippen LogP contribution in [-0.4, -0.2) is 22.0 Å². The number of nitrogens with one attached hydrogen (secondary N) is 1. The number of carbonyl (C=O) groups excluding carboxylic acids is 2. The van der Waals surface area contributed by atoms with Crippen molar-refractivity contribution in [1.82, 2.24) is 5.32 Å². The van der Waals surface area contributed by atoms with Crippen molar-refractivity contribution in [2.24, 2.45) is 0 Å². The van der Waals surface area contributed by atoms with Gasteiger partial charge in [0.2, 0.25) is 5.91 Å². The van der Waals surface area contributed by atoms with Crippen molar-refractivity contribution in [1.29, 1.82) is 5.26 Å². The largest absolute Gasteiger partial charge is 0.347 e. The number of nitriles is 1. The van der Waals surface area contributed by atoms with Crippen LogP contribution in [0.1, 0.15) is 16.7 Å². The maximum atomic E-state index is 13.5. The van der Waals surface area contributed by atoms with E-state index in [1.807, 2.05) is 55.5 Å². The van der Waals surface area contributed by atoms with E-state index in [9.17, 15) is 25.0 Å². The predicted molar refractivity (Wildman–Crippen MR) is 138 cm³/mol. The smallest absolute Gasteiger partial charge is 0.269 e. The summed E-state index contributed by atoms with van der Waals surface area (Å²) in [6.45, 7) is 2.16. The van der Waals surface area contributed by atoms with Crippen LogP contribution in [0.15, 0.2) is 89.5 Å². The molecule has 0 aromatic heterocycles. The molecule has 36 heavy (non-hydrogen) atoms. The summed E-state index contributed by atoms with van der Waals surface area (Å²) < 4.78 is 0. The highest BCUT2D eigenvalue weighted by Gasteiger charge is 2.40. The molecule has 8 nitrogen and oxygen atoms in total. The van der Waals surface area contributed by atoms with Gasteiger partial charge in [-0.3, -0.25) is 24.6 Å². The minimum atomic E-state index is -0.659. The molecule has 1 N–H and O–H groups in total. The fourth-order valence-corrected chi connectivity index (χ4v) is 5.10. The highest BCUT2D eigenvalue weighted by molar-refractivity contribution is 8.05. The number of anilines is 1. The number of carbonyl (C=O) groups is 2. The van der Waals surface area contributed by atoms with Crippen molar-refractivity contribution < 1.29 is 14.5 Å². The molecule has 0 bridgehead atoms. The molecule has 3 aromatic carbocycles. The number of hydrogen-bond donors (Lipinski definition) is 1. The van der Waals surface area contributed by atoms with Crippen LogP contribution < -0.4 is 10.2 Å². The summed E-state index contributed by atoms with van der Waals surface area (Å²) in [6, 6.07) is 24.6. The molecular weight excluding hydrogens is 476 g/mol. The minimum Gasteiger partial charge on any atom is -0.347 e. The van der Waals surface area contributed by atoms with Gasteiger partial charge in [-0.15, -0.1) is 0 Å². The Labute approximate surface area is 212 Å². The van der Waals surface area contributed by atoms with Crippen molar-refractivity contribution in [3.63, 3.8) is 0 Å². The summed E-state index contributed by atoms with van der Waals surface area (Å²) in [4.78, 5) is 38.7. The van der Waals surface area contributed by atoms with Crippen LogP contribution in [0.3, 0.4) is 0 Å². The van der Waals surface area contributed by atoms with E-state index in [1.165, 1.54) is 17.0 Å². The molecule has 1 unspecified atom stereocenters. The highest BCUT2D eigenvalue weighted by Crippen LogP contribution is 2.42. The van der Waals surface area contributed by atoms with Crippen LogP contribution >= 0.6 is 11.8 Å². The molecule has 1 saturated heterocycles. The molecule has 180 valence electrons. The molecule has 1 heterocycles. The summed E-state index contributed by atoms with van der Waals surface area (Å²) in [5.74, 6) is -0.876. The Bertz CT molecular complexity index is 1380. The van der Waals surface area contributed by atoms with Crippen molar-refractivity contribution in [2.75, 3.05) is 4.90 Å². The predicted octanol–water partition coefficient (Wildman–Crippen LogP) is 4.65. The van der Waals surface area contributed by atoms with Crippen LogP contribution in [0.5, 0.6) is 0 Å². The van der Waals surface area contributed by atoms with Crippen LogP contribution in [0.25, 0.3) is 0 Å². The Morgan fingerprint density at radius 3 is 2.44 bits per heavy atom. The quantitative estimate of drug-likeness (QED) is 0.219. The van der Waals surface area contributed by atoms with Gasteiger partial charge in [-0.05, 0) is 36.6 Å². The Morgan fingerprint density at radius 1 is 1.08 bits per heavy atom. The maximum absolute atomic E-state index is 13.5. The van der Waals surface area contributed by atoms with Gasteiger partial charge in [-0.25, -0.2) is 0 Å². The average molecular weight is 499 g/mol. The first-order valence-electron chi connectivity index (χ1n) is 11.1. The average Bonchev–Trinajstić information content (AvgIpc) is 3.19. The lowest BCUT2D eigenvalue weighted by Crippen LogP contribution is -2.32. The van der Waals surface area contributed by atoms with Crippen LogP contribution in [0, 0.1) is 28.4 Å². The van der Waals surface area contributed by atoms with E-state index < -0.39 is 16.1 Å². The summed E-state index contributed by atoms with van der Waals surface area (Å²) in [6.07, 6.45) is 0.210. The third-order valence-corrected chi connectivity index (χ3v) is 6.90. The third kappa shape index (κ3) is 5.45. The zero-order valence-corrected chi connectivity index (χ0v) is 20.2. The Balaban J connectivity index is 1.67. The van der Waals surface area contributed by atoms with Gasteiger partial charge < -0.3 is 5.32 Å². The van der Waals surface area contributed by atoms with E-state index >= 15 is 0 Å². The van der Waals surface area contributed by atoms with Gasteiger partial charge in [0.1, 0.15) is 16.7 Å². The zero-order chi connectivity index (χ0) is 25.7. The zero-order valence-electron chi connectivity index (χ0n) is 19.4. The molecule has 1 atom stereocenters. The Kier molecular flexibility index (Phi) is 7.47. The molecule has 0 aliphatic carbocycles. The summed E-state index contributed by atoms with van der Waals surface area (Å²) >= 11 is 1.12. The number of non-ortho nitro benzene ring substituents is 1. The Hall–Kier alpha value is -4.42. The topological polar surface area (TPSA) is 116 Å². The van der Waals surface area contributed by atoms with E-state index in [0.29, 0.717) is 11.3 Å². The third-order valence-electron chi connectivity index (χ3n) is 5.64. The number of nitro benzene ring substituents is 1. The lowest BCUT2D eigenvalue weighted by molar-refractivity contribution is -0.384. The molecular formula is C27H22N4O4S. The second-order valence-electron chi connectivity index (χ2n) is 8.21. The minimum absolute atomic E-state index is 0.0629. The normalized spacial score (nSPS) is 16.4. The summed E-state index contributed by atoms with van der Waals surface area (Å²) in [5, 5.41) is 23.4. The van der Waals surface area contributed by atoms with E-state index in [2.05, 4.69) is 5.32 Å². The van der Waals surface area contributed by atoms with E-state index in [4.69, 9.17) is 0 Å². The fraction of sp³-hybridized carbons (Fsp3) is 0.148. The van der Waals surface area contributed by atoms with Gasteiger partial charge in [-0.2, -0.15) is 5.26 Å². The first-order chi connectivity index (χ1) is 17.4. The van der Waals surface area contributed by atoms with Gasteiger partial charge in [0.25, 0.3) is 11.6 Å². The number of amides is 2. The lowest BCUT2D eigenvalue weighted by Gasteiger charge is -2.19. The number of nitro groups is 1. The number of rotatable bonds is 7. The molecule has 0 radical (unpaired) electrons. The van der Waals surface area contributed by atoms with Crippen LogP contribution in [-0.2, 0) is 22.6 Å². The van der Waals surface area contributed by atoms with Gasteiger partial charge in [-0.1, -0.05) is 71.9 Å². The molecule has 0 spiro atoms. The standard InChI is InChI=1S/C27H22N4O4S/c1-18-10-12-21(13-11-18)30-26(33)24(15-20-8-5-9-22(14-20)31(34)35)36-27(30)23(16-28)25(32)29-17-19-6-3-2-4-7-19/h2-14,24H,15,17H2,1H3,(H,29,32)/b27-23-. The molecule has 2 amide bonds. The number of hydrogen-bond acceptors (Lipinski definition) is 6.